The second-order valence-electron chi connectivity index (χ2n) is 4.42. The van der Waals surface area contributed by atoms with E-state index in [-0.39, 0.29) is 0 Å². The highest BCUT2D eigenvalue weighted by atomic mass is 16.3. The molecular weight excluding hydrogens is 280 g/mol. The van der Waals surface area contributed by atoms with Gasteiger partial charge in [0, 0.05) is 5.69 Å². The lowest BCUT2D eigenvalue weighted by atomic mass is 10.2. The largest absolute Gasteiger partial charge is 0.467 e. The van der Waals surface area contributed by atoms with Crippen LogP contribution in [0, 0.1) is 11.3 Å². The molecule has 3 rings (SSSR count). The van der Waals surface area contributed by atoms with E-state index in [1.807, 2.05) is 18.2 Å². The van der Waals surface area contributed by atoms with E-state index < -0.39 is 0 Å². The molecule has 7 nitrogen and oxygen atoms in total. The Morgan fingerprint density at radius 1 is 1.23 bits per heavy atom. The normalized spacial score (nSPS) is 9.95. The summed E-state index contributed by atoms with van der Waals surface area (Å²) in [4.78, 5) is 4.30. The van der Waals surface area contributed by atoms with Crippen LogP contribution >= 0.6 is 0 Å². The Morgan fingerprint density at radius 2 is 2.18 bits per heavy atom. The molecule has 2 aromatic heterocycles. The smallest absolute Gasteiger partial charge is 0.249 e. The topological polar surface area (TPSA) is 99.7 Å². The number of nitrogens with zero attached hydrogens (tertiary/aromatic N) is 4. The summed E-state index contributed by atoms with van der Waals surface area (Å²) in [5.41, 5.74) is 1.29. The molecule has 108 valence electrons. The van der Waals surface area contributed by atoms with Crippen LogP contribution in [-0.4, -0.2) is 15.2 Å². The number of nitriles is 1. The number of anilines is 3. The van der Waals surface area contributed by atoms with Crippen LogP contribution in [0.4, 0.5) is 17.5 Å². The van der Waals surface area contributed by atoms with E-state index in [4.69, 9.17) is 9.68 Å². The zero-order chi connectivity index (χ0) is 15.2. The van der Waals surface area contributed by atoms with E-state index in [0.717, 1.165) is 11.4 Å². The fourth-order valence-electron chi connectivity index (χ4n) is 1.83. The number of hydrogen-bond donors (Lipinski definition) is 2. The lowest BCUT2D eigenvalue weighted by Gasteiger charge is -2.07. The molecule has 2 N–H and O–H groups in total. The van der Waals surface area contributed by atoms with Crippen molar-refractivity contribution in [2.24, 2.45) is 0 Å². The highest BCUT2D eigenvalue weighted by Crippen LogP contribution is 2.15. The minimum atomic E-state index is 0.347. The first kappa shape index (κ1) is 13.6. The monoisotopic (exact) mass is 292 g/mol. The van der Waals surface area contributed by atoms with Crippen LogP contribution in [0.3, 0.4) is 0 Å². The fraction of sp³-hybridized carbons (Fsp3) is 0.0667. The van der Waals surface area contributed by atoms with E-state index in [9.17, 15) is 0 Å². The van der Waals surface area contributed by atoms with Gasteiger partial charge in [-0.1, -0.05) is 6.07 Å². The predicted molar refractivity (Wildman–Crippen MR) is 80.3 cm³/mol. The van der Waals surface area contributed by atoms with Crippen LogP contribution in [0.2, 0.25) is 0 Å². The lowest BCUT2D eigenvalue weighted by Crippen LogP contribution is -2.05. The lowest BCUT2D eigenvalue weighted by molar-refractivity contribution is 0.517. The molecule has 7 heteroatoms. The van der Waals surface area contributed by atoms with E-state index in [1.165, 1.54) is 6.20 Å². The van der Waals surface area contributed by atoms with Gasteiger partial charge in [0.15, 0.2) is 5.82 Å². The molecule has 0 unspecified atom stereocenters. The van der Waals surface area contributed by atoms with Crippen LogP contribution in [0.25, 0.3) is 0 Å². The molecule has 1 aromatic carbocycles. The molecule has 0 amide bonds. The second kappa shape index (κ2) is 6.37. The van der Waals surface area contributed by atoms with Gasteiger partial charge >= 0.3 is 0 Å². The minimum Gasteiger partial charge on any atom is -0.467 e. The third-order valence-corrected chi connectivity index (χ3v) is 2.83. The van der Waals surface area contributed by atoms with Gasteiger partial charge in [0.05, 0.1) is 30.6 Å². The summed E-state index contributed by atoms with van der Waals surface area (Å²) >= 11 is 0. The third-order valence-electron chi connectivity index (χ3n) is 2.83. The van der Waals surface area contributed by atoms with Crippen molar-refractivity contribution < 1.29 is 4.42 Å². The van der Waals surface area contributed by atoms with Gasteiger partial charge in [-0.15, -0.1) is 5.10 Å². The van der Waals surface area contributed by atoms with Crippen molar-refractivity contribution in [3.8, 4) is 6.07 Å². The van der Waals surface area contributed by atoms with E-state index in [0.29, 0.717) is 23.9 Å². The minimum absolute atomic E-state index is 0.347. The molecule has 0 saturated carbocycles. The van der Waals surface area contributed by atoms with Gasteiger partial charge < -0.3 is 15.1 Å². The first-order chi connectivity index (χ1) is 10.8. The molecule has 0 aliphatic rings. The first-order valence-corrected chi connectivity index (χ1v) is 6.56. The maximum atomic E-state index is 8.89. The molecule has 0 aliphatic heterocycles. The van der Waals surface area contributed by atoms with Crippen LogP contribution in [-0.2, 0) is 6.54 Å². The quantitative estimate of drug-likeness (QED) is 0.745. The Kier molecular flexibility index (Phi) is 3.93. The molecule has 2 heterocycles. The van der Waals surface area contributed by atoms with Gasteiger partial charge in [0.2, 0.25) is 5.95 Å². The average Bonchev–Trinajstić information content (AvgIpc) is 3.07. The molecule has 0 atom stereocenters. The molecule has 0 bridgehead atoms. The number of hydrogen-bond acceptors (Lipinski definition) is 7. The second-order valence-corrected chi connectivity index (χ2v) is 4.42. The number of nitrogens with one attached hydrogen (secondary N) is 2. The van der Waals surface area contributed by atoms with Crippen molar-refractivity contribution in [2.75, 3.05) is 10.6 Å². The van der Waals surface area contributed by atoms with Crippen LogP contribution < -0.4 is 10.6 Å². The molecule has 0 aliphatic carbocycles. The highest BCUT2D eigenvalue weighted by Gasteiger charge is 2.03. The molecule has 0 spiro atoms. The first-order valence-electron chi connectivity index (χ1n) is 6.56. The van der Waals surface area contributed by atoms with Crippen molar-refractivity contribution in [3.63, 3.8) is 0 Å². The molecule has 0 saturated heterocycles. The Labute approximate surface area is 126 Å². The summed E-state index contributed by atoms with van der Waals surface area (Å²) in [5.74, 6) is 1.72. The summed E-state index contributed by atoms with van der Waals surface area (Å²) in [7, 11) is 0. The van der Waals surface area contributed by atoms with Crippen molar-refractivity contribution in [3.05, 3.63) is 60.2 Å². The number of aromatic nitrogens is 3. The summed E-state index contributed by atoms with van der Waals surface area (Å²) < 4.78 is 5.23. The van der Waals surface area contributed by atoms with Crippen molar-refractivity contribution >= 4 is 17.5 Å². The molecule has 0 radical (unpaired) electrons. The Morgan fingerprint density at radius 3 is 3.00 bits per heavy atom. The van der Waals surface area contributed by atoms with Crippen LogP contribution in [0.15, 0.2) is 53.3 Å². The standard InChI is InChI=1S/C15H12N6O/c16-8-11-3-1-4-12(7-11)19-15-20-14(10-18-21-15)17-9-13-5-2-6-22-13/h1-7,10H,9H2,(H2,17,19,20,21). The van der Waals surface area contributed by atoms with Gasteiger partial charge in [-0.25, -0.2) is 0 Å². The third kappa shape index (κ3) is 3.37. The van der Waals surface area contributed by atoms with Crippen LogP contribution in [0.5, 0.6) is 0 Å². The zero-order valence-electron chi connectivity index (χ0n) is 11.5. The summed E-state index contributed by atoms with van der Waals surface area (Å²) in [6, 6.07) is 12.8. The molecule has 22 heavy (non-hydrogen) atoms. The zero-order valence-corrected chi connectivity index (χ0v) is 11.5. The average molecular weight is 292 g/mol. The SMILES string of the molecule is N#Cc1cccc(Nc2nncc(NCc3ccco3)n2)c1. The Bertz CT molecular complexity index is 794. The number of benzene rings is 1. The highest BCUT2D eigenvalue weighted by molar-refractivity contribution is 5.56. The number of furan rings is 1. The fourth-order valence-corrected chi connectivity index (χ4v) is 1.83. The van der Waals surface area contributed by atoms with Crippen LogP contribution in [0.1, 0.15) is 11.3 Å². The summed E-state index contributed by atoms with van der Waals surface area (Å²) in [6.07, 6.45) is 3.14. The predicted octanol–water partition coefficient (Wildman–Crippen LogP) is 2.69. The Hall–Kier alpha value is -3.40. The molecule has 0 fully saturated rings. The van der Waals surface area contributed by atoms with Gasteiger partial charge in [-0.2, -0.15) is 15.3 Å². The van der Waals surface area contributed by atoms with Gasteiger partial charge in [0.1, 0.15) is 5.76 Å². The molecule has 3 aromatic rings. The maximum absolute atomic E-state index is 8.89. The van der Waals surface area contributed by atoms with Gasteiger partial charge in [0.25, 0.3) is 0 Å². The van der Waals surface area contributed by atoms with Crippen molar-refractivity contribution in [1.29, 1.82) is 5.26 Å². The van der Waals surface area contributed by atoms with Crippen molar-refractivity contribution in [1.82, 2.24) is 15.2 Å². The summed E-state index contributed by atoms with van der Waals surface area (Å²) in [5, 5.41) is 22.8. The Balaban J connectivity index is 1.69. The van der Waals surface area contributed by atoms with Gasteiger partial charge in [-0.3, -0.25) is 0 Å². The summed E-state index contributed by atoms with van der Waals surface area (Å²) in [6.45, 7) is 0.509. The maximum Gasteiger partial charge on any atom is 0.249 e. The van der Waals surface area contributed by atoms with E-state index in [2.05, 4.69) is 31.9 Å². The van der Waals surface area contributed by atoms with E-state index >= 15 is 0 Å². The van der Waals surface area contributed by atoms with Gasteiger partial charge in [-0.05, 0) is 30.3 Å². The molecular formula is C15H12N6O. The number of rotatable bonds is 5. The van der Waals surface area contributed by atoms with E-state index in [1.54, 1.807) is 24.5 Å². The van der Waals surface area contributed by atoms with Crippen molar-refractivity contribution in [2.45, 2.75) is 6.54 Å².